The average molecular weight is 318 g/mol. The molecule has 2 rings (SSSR count). The molecule has 0 saturated heterocycles. The third-order valence-corrected chi connectivity index (χ3v) is 4.12. The lowest BCUT2D eigenvalue weighted by atomic mass is 9.95. The van der Waals surface area contributed by atoms with Crippen molar-refractivity contribution >= 4 is 12.0 Å². The van der Waals surface area contributed by atoms with Gasteiger partial charge in [0.15, 0.2) is 0 Å². The van der Waals surface area contributed by atoms with Crippen LogP contribution in [0.2, 0.25) is 0 Å². The number of hydrogen-bond donors (Lipinski definition) is 0. The van der Waals surface area contributed by atoms with Crippen molar-refractivity contribution in [2.45, 2.75) is 51.6 Å². The fourth-order valence-corrected chi connectivity index (χ4v) is 2.80. The Morgan fingerprint density at radius 1 is 1.26 bits per heavy atom. The molecule has 1 aromatic carbocycles. The molecule has 4 heteroatoms. The van der Waals surface area contributed by atoms with E-state index in [1.165, 1.54) is 25.5 Å². The molecule has 4 nitrogen and oxygen atoms in total. The molecule has 1 aromatic rings. The predicted octanol–water partition coefficient (Wildman–Crippen LogP) is 4.16. The second-order valence-electron chi connectivity index (χ2n) is 6.17. The van der Waals surface area contributed by atoms with Crippen LogP contribution in [-0.4, -0.2) is 25.8 Å². The standard InChI is InChI=1S/C19H26O4/c1-5-6-7-8-14-11-16(21-3)15-9-10-19(2,13-18(20)22-4)23-17(15)12-14/h9-12H,5-8,13H2,1-4H3. The monoisotopic (exact) mass is 318 g/mol. The number of methoxy groups -OCH3 is 2. The lowest BCUT2D eigenvalue weighted by molar-refractivity contribution is -0.143. The van der Waals surface area contributed by atoms with Crippen LogP contribution in [0.25, 0.3) is 6.08 Å². The van der Waals surface area contributed by atoms with Crippen molar-refractivity contribution in [2.24, 2.45) is 0 Å². The van der Waals surface area contributed by atoms with Gasteiger partial charge in [0.25, 0.3) is 0 Å². The maximum absolute atomic E-state index is 11.6. The first-order valence-electron chi connectivity index (χ1n) is 8.17. The SMILES string of the molecule is CCCCCc1cc(OC)c2c(c1)OC(C)(CC(=O)OC)C=C2. The minimum Gasteiger partial charge on any atom is -0.496 e. The molecule has 1 unspecified atom stereocenters. The lowest BCUT2D eigenvalue weighted by Gasteiger charge is -2.31. The zero-order valence-electron chi connectivity index (χ0n) is 14.5. The normalized spacial score (nSPS) is 19.0. The third-order valence-electron chi connectivity index (χ3n) is 4.12. The van der Waals surface area contributed by atoms with Gasteiger partial charge in [0.1, 0.15) is 17.1 Å². The fraction of sp³-hybridized carbons (Fsp3) is 0.526. The Bertz CT molecular complexity index is 591. The number of hydrogen-bond acceptors (Lipinski definition) is 4. The van der Waals surface area contributed by atoms with Gasteiger partial charge in [-0.05, 0) is 49.6 Å². The van der Waals surface area contributed by atoms with Gasteiger partial charge in [-0.3, -0.25) is 4.79 Å². The first-order valence-corrected chi connectivity index (χ1v) is 8.17. The summed E-state index contributed by atoms with van der Waals surface area (Å²) in [7, 11) is 3.06. The van der Waals surface area contributed by atoms with E-state index in [-0.39, 0.29) is 12.4 Å². The second-order valence-corrected chi connectivity index (χ2v) is 6.17. The van der Waals surface area contributed by atoms with Crippen LogP contribution in [0, 0.1) is 0 Å². The number of aryl methyl sites for hydroxylation is 1. The van der Waals surface area contributed by atoms with Gasteiger partial charge in [0.2, 0.25) is 0 Å². The maximum atomic E-state index is 11.6. The largest absolute Gasteiger partial charge is 0.496 e. The number of carbonyl (C=O) groups is 1. The number of fused-ring (bicyclic) bond motifs is 1. The lowest BCUT2D eigenvalue weighted by Crippen LogP contribution is -2.35. The molecule has 0 radical (unpaired) electrons. The molecule has 0 aliphatic carbocycles. The Kier molecular flexibility index (Phi) is 5.69. The summed E-state index contributed by atoms with van der Waals surface area (Å²) in [5.41, 5.74) is 1.44. The highest BCUT2D eigenvalue weighted by Crippen LogP contribution is 2.39. The van der Waals surface area contributed by atoms with Gasteiger partial charge in [-0.1, -0.05) is 19.8 Å². The third kappa shape index (κ3) is 4.27. The van der Waals surface area contributed by atoms with Crippen LogP contribution in [0.3, 0.4) is 0 Å². The highest BCUT2D eigenvalue weighted by atomic mass is 16.5. The van der Waals surface area contributed by atoms with E-state index in [1.807, 2.05) is 19.1 Å². The summed E-state index contributed by atoms with van der Waals surface area (Å²) in [5, 5.41) is 0. The number of esters is 1. The molecule has 23 heavy (non-hydrogen) atoms. The van der Waals surface area contributed by atoms with Gasteiger partial charge in [-0.15, -0.1) is 0 Å². The van der Waals surface area contributed by atoms with Crippen molar-refractivity contribution in [3.8, 4) is 11.5 Å². The zero-order valence-corrected chi connectivity index (χ0v) is 14.5. The minimum absolute atomic E-state index is 0.182. The van der Waals surface area contributed by atoms with E-state index in [4.69, 9.17) is 14.2 Å². The van der Waals surface area contributed by atoms with Crippen LogP contribution in [-0.2, 0) is 16.0 Å². The highest BCUT2D eigenvalue weighted by Gasteiger charge is 2.32. The molecular formula is C19H26O4. The molecule has 0 bridgehead atoms. The van der Waals surface area contributed by atoms with Crippen molar-refractivity contribution in [3.63, 3.8) is 0 Å². The summed E-state index contributed by atoms with van der Waals surface area (Å²) in [5.74, 6) is 1.29. The van der Waals surface area contributed by atoms with Crippen LogP contribution in [0.15, 0.2) is 18.2 Å². The van der Waals surface area contributed by atoms with Crippen LogP contribution >= 0.6 is 0 Å². The van der Waals surface area contributed by atoms with Crippen molar-refractivity contribution in [3.05, 3.63) is 29.3 Å². The summed E-state index contributed by atoms with van der Waals surface area (Å²) in [6, 6.07) is 4.14. The summed E-state index contributed by atoms with van der Waals surface area (Å²) in [6.45, 7) is 4.08. The molecular weight excluding hydrogens is 292 g/mol. The summed E-state index contributed by atoms with van der Waals surface area (Å²) in [6.07, 6.45) is 8.59. The number of carbonyl (C=O) groups excluding carboxylic acids is 1. The smallest absolute Gasteiger partial charge is 0.309 e. The van der Waals surface area contributed by atoms with Crippen LogP contribution in [0.1, 0.15) is 50.7 Å². The van der Waals surface area contributed by atoms with Crippen LogP contribution < -0.4 is 9.47 Å². The number of ether oxygens (including phenoxy) is 3. The molecule has 1 aliphatic heterocycles. The quantitative estimate of drug-likeness (QED) is 0.559. The Morgan fingerprint density at radius 3 is 2.70 bits per heavy atom. The van der Waals surface area contributed by atoms with E-state index in [9.17, 15) is 4.79 Å². The Hall–Kier alpha value is -1.97. The molecule has 0 aromatic heterocycles. The average Bonchev–Trinajstić information content (AvgIpc) is 2.53. The van der Waals surface area contributed by atoms with Crippen molar-refractivity contribution < 1.29 is 19.0 Å². The number of benzene rings is 1. The molecule has 1 heterocycles. The molecule has 0 saturated carbocycles. The fourth-order valence-electron chi connectivity index (χ4n) is 2.80. The van der Waals surface area contributed by atoms with Crippen molar-refractivity contribution in [2.75, 3.05) is 14.2 Å². The first kappa shape index (κ1) is 17.4. The molecule has 0 fully saturated rings. The number of unbranched alkanes of at least 4 members (excludes halogenated alkanes) is 2. The van der Waals surface area contributed by atoms with Gasteiger partial charge in [-0.2, -0.15) is 0 Å². The van der Waals surface area contributed by atoms with E-state index >= 15 is 0 Å². The van der Waals surface area contributed by atoms with Gasteiger partial charge < -0.3 is 14.2 Å². The highest BCUT2D eigenvalue weighted by molar-refractivity contribution is 5.74. The van der Waals surface area contributed by atoms with E-state index in [0.29, 0.717) is 0 Å². The summed E-state index contributed by atoms with van der Waals surface area (Å²) in [4.78, 5) is 11.6. The van der Waals surface area contributed by atoms with Gasteiger partial charge in [0, 0.05) is 0 Å². The molecule has 126 valence electrons. The minimum atomic E-state index is -0.687. The molecule has 1 aliphatic rings. The Balaban J connectivity index is 2.26. The van der Waals surface area contributed by atoms with E-state index in [2.05, 4.69) is 19.1 Å². The van der Waals surface area contributed by atoms with Gasteiger partial charge >= 0.3 is 5.97 Å². The Labute approximate surface area is 138 Å². The molecule has 0 N–H and O–H groups in total. The van der Waals surface area contributed by atoms with Gasteiger partial charge in [0.05, 0.1) is 26.2 Å². The van der Waals surface area contributed by atoms with Crippen molar-refractivity contribution in [1.82, 2.24) is 0 Å². The van der Waals surface area contributed by atoms with E-state index < -0.39 is 5.60 Å². The second kappa shape index (κ2) is 7.53. The molecule has 0 amide bonds. The maximum Gasteiger partial charge on any atom is 0.309 e. The van der Waals surface area contributed by atoms with Gasteiger partial charge in [-0.25, -0.2) is 0 Å². The van der Waals surface area contributed by atoms with Crippen molar-refractivity contribution in [1.29, 1.82) is 0 Å². The molecule has 0 spiro atoms. The number of rotatable bonds is 7. The predicted molar refractivity (Wildman–Crippen MR) is 90.9 cm³/mol. The van der Waals surface area contributed by atoms with E-state index in [0.717, 1.165) is 29.9 Å². The summed E-state index contributed by atoms with van der Waals surface area (Å²) >= 11 is 0. The van der Waals surface area contributed by atoms with E-state index in [1.54, 1.807) is 7.11 Å². The Morgan fingerprint density at radius 2 is 2.04 bits per heavy atom. The zero-order chi connectivity index (χ0) is 16.9. The van der Waals surface area contributed by atoms with Crippen LogP contribution in [0.5, 0.6) is 11.5 Å². The molecule has 1 atom stereocenters. The topological polar surface area (TPSA) is 44.8 Å². The summed E-state index contributed by atoms with van der Waals surface area (Å²) < 4.78 is 16.4. The first-order chi connectivity index (χ1) is 11.0. The van der Waals surface area contributed by atoms with Crippen LogP contribution in [0.4, 0.5) is 0 Å².